The third kappa shape index (κ3) is 3.61. The van der Waals surface area contributed by atoms with E-state index in [2.05, 4.69) is 4.98 Å². The fourth-order valence-electron chi connectivity index (χ4n) is 2.89. The van der Waals surface area contributed by atoms with Gasteiger partial charge in [0.1, 0.15) is 17.7 Å². The van der Waals surface area contributed by atoms with Crippen LogP contribution in [0, 0.1) is 0 Å². The molecular formula is C18H22N2O5. The topological polar surface area (TPSA) is 71.8 Å². The summed E-state index contributed by atoms with van der Waals surface area (Å²) in [5.74, 6) is 1.04. The van der Waals surface area contributed by atoms with Gasteiger partial charge < -0.3 is 18.9 Å². The lowest BCUT2D eigenvalue weighted by atomic mass is 10.1. The van der Waals surface area contributed by atoms with Crippen LogP contribution in [0.25, 0.3) is 11.3 Å². The summed E-state index contributed by atoms with van der Waals surface area (Å²) >= 11 is 0. The molecule has 1 unspecified atom stereocenters. The first kappa shape index (κ1) is 17.3. The molecule has 0 saturated carbocycles. The number of nitrogens with zero attached hydrogens (tertiary/aromatic N) is 2. The van der Waals surface area contributed by atoms with E-state index in [1.165, 1.54) is 7.11 Å². The zero-order valence-electron chi connectivity index (χ0n) is 14.7. The molecule has 2 aromatic rings. The molecule has 0 radical (unpaired) electrons. The number of aromatic nitrogens is 2. The molecule has 1 saturated heterocycles. The first-order valence-corrected chi connectivity index (χ1v) is 8.18. The van der Waals surface area contributed by atoms with Gasteiger partial charge in [-0.3, -0.25) is 4.57 Å². The van der Waals surface area contributed by atoms with Crippen molar-refractivity contribution in [2.75, 3.05) is 27.9 Å². The van der Waals surface area contributed by atoms with Crippen LogP contribution in [0.3, 0.4) is 0 Å². The Kier molecular flexibility index (Phi) is 5.23. The van der Waals surface area contributed by atoms with Crippen LogP contribution in [-0.4, -0.2) is 43.5 Å². The number of methoxy groups -OCH3 is 3. The summed E-state index contributed by atoms with van der Waals surface area (Å²) in [6.45, 7) is 0.672. The van der Waals surface area contributed by atoms with Crippen molar-refractivity contribution in [2.45, 2.75) is 25.5 Å². The van der Waals surface area contributed by atoms with E-state index in [0.717, 1.165) is 24.8 Å². The van der Waals surface area contributed by atoms with Gasteiger partial charge in [0.25, 0.3) is 0 Å². The Hall–Kier alpha value is -2.54. The summed E-state index contributed by atoms with van der Waals surface area (Å²) in [5, 5.41) is 0. The van der Waals surface area contributed by atoms with Crippen molar-refractivity contribution >= 4 is 5.97 Å². The molecule has 1 aromatic heterocycles. The monoisotopic (exact) mass is 346 g/mol. The van der Waals surface area contributed by atoms with E-state index in [4.69, 9.17) is 18.9 Å². The lowest BCUT2D eigenvalue weighted by Crippen LogP contribution is -2.22. The van der Waals surface area contributed by atoms with Crippen LogP contribution < -0.4 is 9.47 Å². The van der Waals surface area contributed by atoms with E-state index in [0.29, 0.717) is 23.8 Å². The lowest BCUT2D eigenvalue weighted by Gasteiger charge is -2.24. The highest BCUT2D eigenvalue weighted by Gasteiger charge is 2.25. The Balaban J connectivity index is 2.05. The van der Waals surface area contributed by atoms with Gasteiger partial charge in [0.05, 0.1) is 27.0 Å². The molecule has 134 valence electrons. The number of esters is 1. The molecule has 1 atom stereocenters. The van der Waals surface area contributed by atoms with Crippen LogP contribution in [0.4, 0.5) is 0 Å². The van der Waals surface area contributed by atoms with Crippen molar-refractivity contribution in [2.24, 2.45) is 0 Å². The van der Waals surface area contributed by atoms with Crippen molar-refractivity contribution in [1.82, 2.24) is 9.55 Å². The van der Waals surface area contributed by atoms with Crippen molar-refractivity contribution in [3.05, 3.63) is 30.2 Å². The van der Waals surface area contributed by atoms with Gasteiger partial charge in [-0.25, -0.2) is 9.78 Å². The minimum atomic E-state index is -0.490. The molecule has 0 aliphatic carbocycles. The number of hydrogen-bond acceptors (Lipinski definition) is 6. The smallest absolute Gasteiger partial charge is 0.374 e. The van der Waals surface area contributed by atoms with E-state index in [-0.39, 0.29) is 12.1 Å². The second-order valence-corrected chi connectivity index (χ2v) is 5.77. The van der Waals surface area contributed by atoms with Crippen LogP contribution in [0.1, 0.15) is 36.1 Å². The third-order valence-electron chi connectivity index (χ3n) is 4.21. The fraction of sp³-hybridized carbons (Fsp3) is 0.444. The van der Waals surface area contributed by atoms with Crippen molar-refractivity contribution in [1.29, 1.82) is 0 Å². The van der Waals surface area contributed by atoms with Crippen LogP contribution in [0.15, 0.2) is 24.4 Å². The van der Waals surface area contributed by atoms with Gasteiger partial charge in [0.15, 0.2) is 0 Å². The first-order valence-electron chi connectivity index (χ1n) is 8.18. The molecule has 7 heteroatoms. The maximum absolute atomic E-state index is 12.2. The van der Waals surface area contributed by atoms with Gasteiger partial charge in [-0.05, 0) is 31.4 Å². The highest BCUT2D eigenvalue weighted by atomic mass is 16.5. The zero-order valence-corrected chi connectivity index (χ0v) is 14.7. The Morgan fingerprint density at radius 3 is 2.44 bits per heavy atom. The Morgan fingerprint density at radius 2 is 1.88 bits per heavy atom. The maximum Gasteiger partial charge on any atom is 0.374 e. The minimum absolute atomic E-state index is 0.211. The quantitative estimate of drug-likeness (QED) is 0.775. The second kappa shape index (κ2) is 7.57. The number of benzene rings is 1. The average Bonchev–Trinajstić information content (AvgIpc) is 3.13. The third-order valence-corrected chi connectivity index (χ3v) is 4.21. The first-order chi connectivity index (χ1) is 12.2. The molecule has 7 nitrogen and oxygen atoms in total. The number of carbonyl (C=O) groups is 1. The molecule has 1 aliphatic rings. The maximum atomic E-state index is 12.2. The van der Waals surface area contributed by atoms with Gasteiger partial charge in [-0.15, -0.1) is 0 Å². The zero-order chi connectivity index (χ0) is 17.8. The van der Waals surface area contributed by atoms with Crippen molar-refractivity contribution in [3.8, 4) is 22.8 Å². The van der Waals surface area contributed by atoms with Crippen LogP contribution in [0.5, 0.6) is 11.5 Å². The summed E-state index contributed by atoms with van der Waals surface area (Å²) in [6, 6.07) is 5.47. The number of imidazole rings is 1. The van der Waals surface area contributed by atoms with Gasteiger partial charge in [0, 0.05) is 24.4 Å². The van der Waals surface area contributed by atoms with E-state index >= 15 is 0 Å². The Labute approximate surface area is 146 Å². The number of hydrogen-bond donors (Lipinski definition) is 0. The van der Waals surface area contributed by atoms with E-state index < -0.39 is 5.97 Å². The average molecular weight is 346 g/mol. The SMILES string of the molecule is COC(=O)c1nc(-c2cc(OC)cc(OC)c2)cn1C1CCCCO1. The molecule has 0 N–H and O–H groups in total. The predicted octanol–water partition coefficient (Wildman–Crippen LogP) is 3.05. The number of carbonyl (C=O) groups excluding carboxylic acids is 1. The molecular weight excluding hydrogens is 324 g/mol. The van der Waals surface area contributed by atoms with Crippen LogP contribution >= 0.6 is 0 Å². The molecule has 0 bridgehead atoms. The second-order valence-electron chi connectivity index (χ2n) is 5.77. The summed E-state index contributed by atoms with van der Waals surface area (Å²) in [5.41, 5.74) is 1.42. The Morgan fingerprint density at radius 1 is 1.16 bits per heavy atom. The predicted molar refractivity (Wildman–Crippen MR) is 90.9 cm³/mol. The fourth-order valence-corrected chi connectivity index (χ4v) is 2.89. The summed E-state index contributed by atoms with van der Waals surface area (Å²) in [6.07, 6.45) is 4.51. The molecule has 1 aliphatic heterocycles. The summed E-state index contributed by atoms with van der Waals surface area (Å²) in [7, 11) is 4.52. The molecule has 3 rings (SSSR count). The highest BCUT2D eigenvalue weighted by molar-refractivity contribution is 5.86. The van der Waals surface area contributed by atoms with Crippen LogP contribution in [-0.2, 0) is 9.47 Å². The van der Waals surface area contributed by atoms with E-state index in [1.54, 1.807) is 24.9 Å². The van der Waals surface area contributed by atoms with E-state index in [1.807, 2.05) is 18.3 Å². The van der Waals surface area contributed by atoms with Gasteiger partial charge in [0.2, 0.25) is 5.82 Å². The molecule has 0 spiro atoms. The molecule has 25 heavy (non-hydrogen) atoms. The molecule has 1 fully saturated rings. The number of rotatable bonds is 5. The Bertz CT molecular complexity index is 728. The standard InChI is InChI=1S/C18H22N2O5/c1-22-13-8-12(9-14(10-13)23-2)15-11-20(16-6-4-5-7-25-16)17(19-15)18(21)24-3/h8-11,16H,4-7H2,1-3H3. The lowest BCUT2D eigenvalue weighted by molar-refractivity contribution is -0.0341. The molecule has 1 aromatic carbocycles. The highest BCUT2D eigenvalue weighted by Crippen LogP contribution is 2.32. The van der Waals surface area contributed by atoms with Crippen molar-refractivity contribution in [3.63, 3.8) is 0 Å². The summed E-state index contributed by atoms with van der Waals surface area (Å²) in [4.78, 5) is 16.6. The van der Waals surface area contributed by atoms with E-state index in [9.17, 15) is 4.79 Å². The van der Waals surface area contributed by atoms with Gasteiger partial charge in [-0.1, -0.05) is 0 Å². The van der Waals surface area contributed by atoms with Crippen molar-refractivity contribution < 1.29 is 23.7 Å². The largest absolute Gasteiger partial charge is 0.497 e. The normalized spacial score (nSPS) is 17.2. The molecule has 2 heterocycles. The van der Waals surface area contributed by atoms with Crippen LogP contribution in [0.2, 0.25) is 0 Å². The minimum Gasteiger partial charge on any atom is -0.497 e. The molecule has 0 amide bonds. The number of ether oxygens (including phenoxy) is 4. The van der Waals surface area contributed by atoms with Gasteiger partial charge in [-0.2, -0.15) is 0 Å². The van der Waals surface area contributed by atoms with Gasteiger partial charge >= 0.3 is 5.97 Å². The summed E-state index contributed by atoms with van der Waals surface area (Å²) < 4.78 is 23.1.